The lowest BCUT2D eigenvalue weighted by Crippen LogP contribution is -2.08. The van der Waals surface area contributed by atoms with Gasteiger partial charge in [-0.05, 0) is 24.3 Å². The number of nitrogens with zero attached hydrogens (tertiary/aromatic N) is 1. The van der Waals surface area contributed by atoms with Crippen LogP contribution in [0, 0.1) is 5.41 Å². The molecule has 0 spiro atoms. The number of hydrogen-bond donors (Lipinski definition) is 3. The Morgan fingerprint density at radius 3 is 2.83 bits per heavy atom. The maximum absolute atomic E-state index is 9.88. The van der Waals surface area contributed by atoms with Crippen LogP contribution in [0.15, 0.2) is 39.9 Å². The molecule has 0 saturated carbocycles. The third kappa shape index (κ3) is 3.72. The number of phenolic OH excluding ortho intramolecular Hbond substituents is 1. The number of methoxy groups -OCH3 is 1. The molecule has 0 aliphatic carbocycles. The van der Waals surface area contributed by atoms with Crippen molar-refractivity contribution in [3.05, 3.63) is 44.9 Å². The van der Waals surface area contributed by atoms with E-state index in [-0.39, 0.29) is 11.6 Å². The van der Waals surface area contributed by atoms with Crippen LogP contribution in [0.25, 0.3) is 11.3 Å². The van der Waals surface area contributed by atoms with Crippen molar-refractivity contribution in [2.24, 2.45) is 5.73 Å². The van der Waals surface area contributed by atoms with Gasteiger partial charge < -0.3 is 15.6 Å². The van der Waals surface area contributed by atoms with Crippen LogP contribution in [0.1, 0.15) is 9.88 Å². The molecule has 0 unspecified atom stereocenters. The van der Waals surface area contributed by atoms with E-state index >= 15 is 0 Å². The van der Waals surface area contributed by atoms with Crippen molar-refractivity contribution in [2.45, 2.75) is 10.6 Å². The van der Waals surface area contributed by atoms with Gasteiger partial charge in [0, 0.05) is 21.2 Å². The molecule has 124 valence electrons. The molecule has 0 radical (unpaired) electrons. The number of rotatable bonds is 6. The summed E-state index contributed by atoms with van der Waals surface area (Å²) in [5.74, 6) is 1.40. The molecule has 3 aromatic rings. The molecule has 0 aliphatic rings. The van der Waals surface area contributed by atoms with E-state index in [1.807, 2.05) is 22.9 Å². The molecule has 1 aromatic carbocycles. The summed E-state index contributed by atoms with van der Waals surface area (Å²) in [5.41, 5.74) is 7.17. The Morgan fingerprint density at radius 1 is 1.33 bits per heavy atom. The van der Waals surface area contributed by atoms with Gasteiger partial charge in [0.25, 0.3) is 0 Å². The number of hydrogen-bond acceptors (Lipinski definition) is 7. The number of benzene rings is 1. The first-order valence-electron chi connectivity index (χ1n) is 6.94. The highest BCUT2D eigenvalue weighted by molar-refractivity contribution is 7.98. The Bertz CT molecular complexity index is 873. The first-order valence-corrected chi connectivity index (χ1v) is 9.69. The lowest BCUT2D eigenvalue weighted by atomic mass is 10.1. The minimum absolute atomic E-state index is 0.0997. The molecule has 0 atom stereocenters. The Morgan fingerprint density at radius 2 is 2.17 bits per heavy atom. The van der Waals surface area contributed by atoms with E-state index in [1.165, 1.54) is 18.4 Å². The van der Waals surface area contributed by atoms with Gasteiger partial charge in [-0.3, -0.25) is 5.41 Å². The van der Waals surface area contributed by atoms with Crippen molar-refractivity contribution in [2.75, 3.05) is 7.11 Å². The van der Waals surface area contributed by atoms with Crippen LogP contribution in [0.2, 0.25) is 0 Å². The molecule has 3 rings (SSSR count). The fourth-order valence-electron chi connectivity index (χ4n) is 2.04. The average Bonchev–Trinajstić information content (AvgIpc) is 3.22. The van der Waals surface area contributed by atoms with Crippen LogP contribution in [0.4, 0.5) is 0 Å². The second kappa shape index (κ2) is 7.25. The molecule has 5 nitrogen and oxygen atoms in total. The molecule has 0 bridgehead atoms. The standard InChI is InChI=1S/C16H15N3O2S3/c1-21-13-3-2-9(4-12(13)20)11-7-24-15(19-11)8-22-10-5-14(16(17)18)23-6-10/h2-7,20H,8H2,1H3,(H3,17,18). The van der Waals surface area contributed by atoms with Crippen molar-refractivity contribution in [3.63, 3.8) is 0 Å². The molecule has 8 heteroatoms. The molecule has 24 heavy (non-hydrogen) atoms. The van der Waals surface area contributed by atoms with Gasteiger partial charge in [0.05, 0.1) is 23.4 Å². The number of amidine groups is 1. The van der Waals surface area contributed by atoms with Crippen LogP contribution >= 0.6 is 34.4 Å². The van der Waals surface area contributed by atoms with Crippen molar-refractivity contribution in [1.82, 2.24) is 4.98 Å². The number of thioether (sulfide) groups is 1. The van der Waals surface area contributed by atoms with Crippen LogP contribution in [-0.2, 0) is 5.75 Å². The minimum Gasteiger partial charge on any atom is -0.504 e. The lowest BCUT2D eigenvalue weighted by molar-refractivity contribution is 0.373. The molecule has 2 heterocycles. The zero-order valence-corrected chi connectivity index (χ0v) is 15.2. The van der Waals surface area contributed by atoms with E-state index in [4.69, 9.17) is 15.9 Å². The van der Waals surface area contributed by atoms with Gasteiger partial charge in [0.1, 0.15) is 10.8 Å². The van der Waals surface area contributed by atoms with Gasteiger partial charge in [0.2, 0.25) is 0 Å². The zero-order chi connectivity index (χ0) is 17.1. The normalized spacial score (nSPS) is 10.7. The first-order chi connectivity index (χ1) is 11.6. The number of nitrogens with two attached hydrogens (primary N) is 1. The fourth-order valence-corrected chi connectivity index (χ4v) is 4.76. The van der Waals surface area contributed by atoms with Gasteiger partial charge >= 0.3 is 0 Å². The number of nitrogens with one attached hydrogen (secondary N) is 1. The highest BCUT2D eigenvalue weighted by atomic mass is 32.2. The SMILES string of the molecule is COc1ccc(-c2csc(CSc3csc(C(=N)N)c3)n2)cc1O. The van der Waals surface area contributed by atoms with Crippen LogP contribution in [0.3, 0.4) is 0 Å². The molecule has 0 saturated heterocycles. The molecular weight excluding hydrogens is 362 g/mol. The number of thiazole rings is 1. The Balaban J connectivity index is 1.69. The van der Waals surface area contributed by atoms with Gasteiger partial charge in [-0.1, -0.05) is 0 Å². The number of nitrogen functional groups attached to an aromatic ring is 1. The van der Waals surface area contributed by atoms with E-state index < -0.39 is 0 Å². The smallest absolute Gasteiger partial charge is 0.160 e. The van der Waals surface area contributed by atoms with Crippen molar-refractivity contribution < 1.29 is 9.84 Å². The Labute approximate surface area is 151 Å². The predicted molar refractivity (Wildman–Crippen MR) is 101 cm³/mol. The third-order valence-corrected chi connectivity index (χ3v) is 6.36. The summed E-state index contributed by atoms with van der Waals surface area (Å²) < 4.78 is 5.05. The van der Waals surface area contributed by atoms with E-state index in [9.17, 15) is 5.11 Å². The summed E-state index contributed by atoms with van der Waals surface area (Å²) in [6.07, 6.45) is 0. The summed E-state index contributed by atoms with van der Waals surface area (Å²) in [5, 5.41) is 22.3. The Kier molecular flexibility index (Phi) is 5.08. The zero-order valence-electron chi connectivity index (χ0n) is 12.8. The molecule has 4 N–H and O–H groups in total. The quantitative estimate of drug-likeness (QED) is 0.341. The van der Waals surface area contributed by atoms with E-state index in [0.29, 0.717) is 5.75 Å². The minimum atomic E-state index is 0.0997. The topological polar surface area (TPSA) is 92.2 Å². The maximum atomic E-state index is 9.88. The number of aromatic hydroxyl groups is 1. The molecule has 2 aromatic heterocycles. The number of ether oxygens (including phenoxy) is 1. The summed E-state index contributed by atoms with van der Waals surface area (Å²) in [4.78, 5) is 6.49. The van der Waals surface area contributed by atoms with Crippen LogP contribution in [0.5, 0.6) is 11.5 Å². The predicted octanol–water partition coefficient (Wildman–Crippen LogP) is 4.16. The van der Waals surface area contributed by atoms with Gasteiger partial charge in [-0.25, -0.2) is 4.98 Å². The van der Waals surface area contributed by atoms with E-state index in [0.717, 1.165) is 31.8 Å². The van der Waals surface area contributed by atoms with Crippen molar-refractivity contribution >= 4 is 40.3 Å². The Hall–Kier alpha value is -2.03. The van der Waals surface area contributed by atoms with Crippen molar-refractivity contribution in [1.29, 1.82) is 5.41 Å². The number of aromatic nitrogens is 1. The highest BCUT2D eigenvalue weighted by Gasteiger charge is 2.09. The average molecular weight is 378 g/mol. The third-order valence-electron chi connectivity index (χ3n) is 3.23. The summed E-state index contributed by atoms with van der Waals surface area (Å²) in [6.45, 7) is 0. The van der Waals surface area contributed by atoms with Crippen LogP contribution in [-0.4, -0.2) is 23.0 Å². The first kappa shape index (κ1) is 16.8. The second-order valence-electron chi connectivity index (χ2n) is 4.86. The van der Waals surface area contributed by atoms with Gasteiger partial charge in [-0.15, -0.1) is 34.4 Å². The molecule has 0 fully saturated rings. The summed E-state index contributed by atoms with van der Waals surface area (Å²) >= 11 is 4.72. The molecule has 0 aliphatic heterocycles. The fraction of sp³-hybridized carbons (Fsp3) is 0.125. The lowest BCUT2D eigenvalue weighted by Gasteiger charge is -2.04. The van der Waals surface area contributed by atoms with Crippen LogP contribution < -0.4 is 10.5 Å². The van der Waals surface area contributed by atoms with Crippen molar-refractivity contribution in [3.8, 4) is 22.8 Å². The van der Waals surface area contributed by atoms with Gasteiger partial charge in [-0.2, -0.15) is 0 Å². The van der Waals surface area contributed by atoms with Gasteiger partial charge in [0.15, 0.2) is 11.5 Å². The highest BCUT2D eigenvalue weighted by Crippen LogP contribution is 2.33. The van der Waals surface area contributed by atoms with E-state index in [2.05, 4.69) is 4.98 Å². The number of thiophene rings is 1. The largest absolute Gasteiger partial charge is 0.504 e. The second-order valence-corrected chi connectivity index (χ2v) is 7.76. The summed E-state index contributed by atoms with van der Waals surface area (Å²) in [7, 11) is 1.52. The number of phenols is 1. The summed E-state index contributed by atoms with van der Waals surface area (Å²) in [6, 6.07) is 7.19. The monoisotopic (exact) mass is 377 g/mol. The maximum Gasteiger partial charge on any atom is 0.160 e. The molecular formula is C16H15N3O2S3. The molecule has 0 amide bonds. The van der Waals surface area contributed by atoms with E-state index in [1.54, 1.807) is 35.2 Å².